The number of ether oxygens (including phenoxy) is 5. The molecule has 0 bridgehead atoms. The van der Waals surface area contributed by atoms with Crippen LogP contribution in [0.25, 0.3) is 12.2 Å². The summed E-state index contributed by atoms with van der Waals surface area (Å²) in [5, 5.41) is 3.96. The van der Waals surface area contributed by atoms with Crippen LogP contribution in [0, 0.1) is 0 Å². The molecule has 2 aromatic carbocycles. The van der Waals surface area contributed by atoms with Crippen LogP contribution < -0.4 is 0 Å². The third-order valence-electron chi connectivity index (χ3n) is 7.02. The van der Waals surface area contributed by atoms with Crippen LogP contribution in [-0.4, -0.2) is 82.1 Å². The van der Waals surface area contributed by atoms with Gasteiger partial charge in [-0.3, -0.25) is 0 Å². The molecule has 0 amide bonds. The number of oxime groups is 1. The SMILES string of the molecule is CCO[C@@H]1[C@@H](OC)[C@H](C)O[C@@H](O/N=C/c2ccc(/C=C/c3ccc(C(F)(F)C(F)(F)OC(F)(F)C(F)(F)C(F)(F)F)cc3)cc2)[C@@H]1OC. The van der Waals surface area contributed by atoms with Crippen LogP contribution in [0.4, 0.5) is 48.3 Å². The van der Waals surface area contributed by atoms with Crippen LogP contribution in [0.3, 0.4) is 0 Å². The molecule has 18 heteroatoms. The molecule has 1 aliphatic heterocycles. The molecule has 0 radical (unpaired) electrons. The fourth-order valence-electron chi connectivity index (χ4n) is 4.48. The van der Waals surface area contributed by atoms with Crippen molar-refractivity contribution in [2.75, 3.05) is 20.8 Å². The largest absolute Gasteiger partial charge is 0.462 e. The Labute approximate surface area is 267 Å². The molecule has 5 atom stereocenters. The van der Waals surface area contributed by atoms with E-state index in [1.54, 1.807) is 31.2 Å². The van der Waals surface area contributed by atoms with Gasteiger partial charge in [-0.25, -0.2) is 4.74 Å². The fourth-order valence-corrected chi connectivity index (χ4v) is 4.48. The Kier molecular flexibility index (Phi) is 12.3. The van der Waals surface area contributed by atoms with Crippen LogP contribution in [0.5, 0.6) is 0 Å². The van der Waals surface area contributed by atoms with Crippen LogP contribution in [0.15, 0.2) is 53.7 Å². The van der Waals surface area contributed by atoms with Crippen molar-refractivity contribution in [1.29, 1.82) is 0 Å². The molecule has 7 nitrogen and oxygen atoms in total. The Morgan fingerprint density at radius 2 is 1.21 bits per heavy atom. The van der Waals surface area contributed by atoms with E-state index < -0.39 is 66.5 Å². The maximum atomic E-state index is 14.3. The summed E-state index contributed by atoms with van der Waals surface area (Å²) < 4.78 is 170. The van der Waals surface area contributed by atoms with E-state index in [9.17, 15) is 48.3 Å². The van der Waals surface area contributed by atoms with Crippen molar-refractivity contribution in [2.24, 2.45) is 5.16 Å². The van der Waals surface area contributed by atoms with Crippen molar-refractivity contribution in [2.45, 2.75) is 74.8 Å². The predicted molar refractivity (Wildman–Crippen MR) is 148 cm³/mol. The van der Waals surface area contributed by atoms with Gasteiger partial charge >= 0.3 is 30.2 Å². The number of nitrogens with zero attached hydrogens (tertiary/aromatic N) is 1. The van der Waals surface area contributed by atoms with Crippen LogP contribution >= 0.6 is 0 Å². The van der Waals surface area contributed by atoms with Gasteiger partial charge < -0.3 is 23.8 Å². The normalized spacial score (nSPS) is 23.3. The molecule has 1 heterocycles. The van der Waals surface area contributed by atoms with E-state index in [1.807, 2.05) is 6.92 Å². The summed E-state index contributed by atoms with van der Waals surface area (Å²) in [7, 11) is 2.99. The molecule has 2 aromatic rings. The second-order valence-corrected chi connectivity index (χ2v) is 10.3. The molecule has 0 aliphatic carbocycles. The van der Waals surface area contributed by atoms with E-state index in [1.165, 1.54) is 32.6 Å². The lowest BCUT2D eigenvalue weighted by molar-refractivity contribution is -0.498. The zero-order valence-corrected chi connectivity index (χ0v) is 25.5. The summed E-state index contributed by atoms with van der Waals surface area (Å²) in [6, 6.07) is 8.91. The maximum absolute atomic E-state index is 14.3. The Bertz CT molecular complexity index is 1390. The summed E-state index contributed by atoms with van der Waals surface area (Å²) >= 11 is 0. The van der Waals surface area contributed by atoms with Gasteiger partial charge in [-0.05, 0) is 30.5 Å². The van der Waals surface area contributed by atoms with Crippen LogP contribution in [-0.2, 0) is 34.4 Å². The van der Waals surface area contributed by atoms with Crippen molar-refractivity contribution in [1.82, 2.24) is 0 Å². The van der Waals surface area contributed by atoms with Gasteiger partial charge in [0.25, 0.3) is 6.29 Å². The summed E-state index contributed by atoms with van der Waals surface area (Å²) in [5.74, 6) is -12.9. The van der Waals surface area contributed by atoms with E-state index in [0.29, 0.717) is 29.9 Å². The summed E-state index contributed by atoms with van der Waals surface area (Å²) in [4.78, 5) is 5.52. The average Bonchev–Trinajstić information content (AvgIpc) is 3.00. The van der Waals surface area contributed by atoms with E-state index in [0.717, 1.165) is 12.1 Å². The minimum Gasteiger partial charge on any atom is -0.376 e. The first kappa shape index (κ1) is 39.1. The molecule has 0 unspecified atom stereocenters. The van der Waals surface area contributed by atoms with Gasteiger partial charge in [0.1, 0.15) is 12.2 Å². The molecule has 268 valence electrons. The first-order valence-electron chi connectivity index (χ1n) is 13.9. The molecule has 1 fully saturated rings. The Morgan fingerprint density at radius 1 is 0.708 bits per heavy atom. The van der Waals surface area contributed by atoms with Gasteiger partial charge in [0.15, 0.2) is 6.10 Å². The zero-order valence-electron chi connectivity index (χ0n) is 25.5. The van der Waals surface area contributed by atoms with Gasteiger partial charge in [-0.2, -0.15) is 48.3 Å². The molecule has 0 spiro atoms. The molecular formula is C30H30F11NO6. The fraction of sp³-hybridized carbons (Fsp3) is 0.500. The van der Waals surface area contributed by atoms with Gasteiger partial charge in [0, 0.05) is 26.4 Å². The lowest BCUT2D eigenvalue weighted by Gasteiger charge is -2.42. The number of alkyl halides is 11. The second-order valence-electron chi connectivity index (χ2n) is 10.3. The number of hydrogen-bond donors (Lipinski definition) is 0. The quantitative estimate of drug-likeness (QED) is 0.0861. The maximum Gasteiger partial charge on any atom is 0.462 e. The van der Waals surface area contributed by atoms with E-state index in [2.05, 4.69) is 9.89 Å². The van der Waals surface area contributed by atoms with Crippen molar-refractivity contribution in [3.05, 3.63) is 70.8 Å². The van der Waals surface area contributed by atoms with Crippen molar-refractivity contribution < 1.29 is 76.8 Å². The van der Waals surface area contributed by atoms with Gasteiger partial charge in [-0.1, -0.05) is 65.8 Å². The highest BCUT2D eigenvalue weighted by Gasteiger charge is 2.78. The van der Waals surface area contributed by atoms with E-state index in [4.69, 9.17) is 23.8 Å². The van der Waals surface area contributed by atoms with E-state index >= 15 is 0 Å². The molecule has 0 N–H and O–H groups in total. The number of halogens is 11. The van der Waals surface area contributed by atoms with Crippen LogP contribution in [0.1, 0.15) is 36.1 Å². The number of hydrogen-bond acceptors (Lipinski definition) is 7. The third kappa shape index (κ3) is 8.45. The van der Waals surface area contributed by atoms with Crippen molar-refractivity contribution in [3.63, 3.8) is 0 Å². The second kappa shape index (κ2) is 15.1. The number of methoxy groups -OCH3 is 2. The Hall–Kier alpha value is -3.32. The lowest BCUT2D eigenvalue weighted by Crippen LogP contribution is -2.59. The molecular weight excluding hydrogens is 679 g/mol. The highest BCUT2D eigenvalue weighted by atomic mass is 19.4. The minimum atomic E-state index is -7.19. The van der Waals surface area contributed by atoms with Gasteiger partial charge in [-0.15, -0.1) is 0 Å². The third-order valence-corrected chi connectivity index (χ3v) is 7.02. The smallest absolute Gasteiger partial charge is 0.376 e. The Morgan fingerprint density at radius 3 is 1.69 bits per heavy atom. The standard InChI is InChI=1S/C30H30F11NO6/c1-5-45-23-22(43-3)17(2)46-25(24(23)44-4)47-42-16-20-10-8-18(9-11-20)6-7-19-12-14-21(15-13-19)26(31,32)29(38,39)48-30(40,41)27(33,34)28(35,36)37/h6-17,22-25H,5H2,1-4H3/b7-6+,42-16+/t17-,22-,23+,24+,25-/m0/s1. The Balaban J connectivity index is 1.64. The summed E-state index contributed by atoms with van der Waals surface area (Å²) in [6.07, 6.45) is -19.2. The molecule has 0 saturated carbocycles. The highest BCUT2D eigenvalue weighted by molar-refractivity contribution is 5.80. The summed E-state index contributed by atoms with van der Waals surface area (Å²) in [6.45, 7) is 4.01. The number of rotatable bonds is 14. The molecule has 48 heavy (non-hydrogen) atoms. The van der Waals surface area contributed by atoms with Crippen molar-refractivity contribution >= 4 is 18.4 Å². The van der Waals surface area contributed by atoms with Gasteiger partial charge in [0.05, 0.1) is 12.3 Å². The molecule has 1 aliphatic rings. The monoisotopic (exact) mass is 709 g/mol. The van der Waals surface area contributed by atoms with E-state index in [-0.39, 0.29) is 5.56 Å². The minimum absolute atomic E-state index is 0.141. The molecule has 0 aromatic heterocycles. The highest BCUT2D eigenvalue weighted by Crippen LogP contribution is 2.53. The van der Waals surface area contributed by atoms with Crippen molar-refractivity contribution in [3.8, 4) is 0 Å². The topological polar surface area (TPSA) is 67.7 Å². The van der Waals surface area contributed by atoms with Gasteiger partial charge in [0.2, 0.25) is 0 Å². The first-order chi connectivity index (χ1) is 22.2. The lowest BCUT2D eigenvalue weighted by atomic mass is 9.99. The summed E-state index contributed by atoms with van der Waals surface area (Å²) in [5.41, 5.74) is -0.389. The zero-order chi connectivity index (χ0) is 36.1. The first-order valence-corrected chi connectivity index (χ1v) is 13.9. The molecule has 1 saturated heterocycles. The van der Waals surface area contributed by atoms with Crippen LogP contribution in [0.2, 0.25) is 0 Å². The number of benzene rings is 2. The predicted octanol–water partition coefficient (Wildman–Crippen LogP) is 7.88. The molecule has 3 rings (SSSR count). The average molecular weight is 710 g/mol.